The standard InChI is InChI=1S/C9H9NO3S/c10-8(11)3-1-2-6-4-7(9(12)13)14-5-6/h1-2,4-5H,3H2,(H2,10,11)(H,12,13). The average molecular weight is 211 g/mol. The summed E-state index contributed by atoms with van der Waals surface area (Å²) in [6.45, 7) is 0. The normalized spacial score (nSPS) is 10.6. The molecule has 0 aromatic carbocycles. The van der Waals surface area contributed by atoms with E-state index >= 15 is 0 Å². The van der Waals surface area contributed by atoms with Gasteiger partial charge in [0.25, 0.3) is 0 Å². The Morgan fingerprint density at radius 1 is 1.57 bits per heavy atom. The SMILES string of the molecule is NC(=O)CC=Cc1csc(C(=O)O)c1. The highest BCUT2D eigenvalue weighted by Crippen LogP contribution is 2.15. The van der Waals surface area contributed by atoms with Crippen LogP contribution in [0.25, 0.3) is 6.08 Å². The first kappa shape index (κ1) is 10.5. The van der Waals surface area contributed by atoms with Crippen molar-refractivity contribution in [2.75, 3.05) is 0 Å². The maximum atomic E-state index is 10.5. The largest absolute Gasteiger partial charge is 0.477 e. The molecule has 0 atom stereocenters. The molecule has 0 saturated heterocycles. The summed E-state index contributed by atoms with van der Waals surface area (Å²) in [5.74, 6) is -1.35. The van der Waals surface area contributed by atoms with Gasteiger partial charge >= 0.3 is 5.97 Å². The summed E-state index contributed by atoms with van der Waals surface area (Å²) in [7, 11) is 0. The van der Waals surface area contributed by atoms with Gasteiger partial charge in [0.1, 0.15) is 4.88 Å². The summed E-state index contributed by atoms with van der Waals surface area (Å²) in [6.07, 6.45) is 3.45. The van der Waals surface area contributed by atoms with Crippen molar-refractivity contribution in [2.45, 2.75) is 6.42 Å². The number of hydrogen-bond acceptors (Lipinski definition) is 3. The molecule has 0 saturated carbocycles. The molecule has 1 aromatic heterocycles. The first-order valence-electron chi connectivity index (χ1n) is 3.86. The fourth-order valence-electron chi connectivity index (χ4n) is 0.862. The summed E-state index contributed by atoms with van der Waals surface area (Å²) in [4.78, 5) is 21.2. The van der Waals surface area contributed by atoms with Gasteiger partial charge < -0.3 is 10.8 Å². The van der Waals surface area contributed by atoms with Crippen LogP contribution in [0.1, 0.15) is 21.7 Å². The molecule has 1 amide bonds. The van der Waals surface area contributed by atoms with Gasteiger partial charge in [0.2, 0.25) is 5.91 Å². The van der Waals surface area contributed by atoms with E-state index in [9.17, 15) is 9.59 Å². The highest BCUT2D eigenvalue weighted by Gasteiger charge is 2.04. The second-order valence-corrected chi connectivity index (χ2v) is 3.53. The third-order valence-corrected chi connectivity index (χ3v) is 2.40. The molecule has 0 spiro atoms. The first-order chi connectivity index (χ1) is 6.59. The van der Waals surface area contributed by atoms with Gasteiger partial charge in [-0.25, -0.2) is 4.79 Å². The molecule has 0 aliphatic carbocycles. The average Bonchev–Trinajstić information content (AvgIpc) is 2.52. The Kier molecular flexibility index (Phi) is 3.41. The first-order valence-corrected chi connectivity index (χ1v) is 4.74. The number of carboxylic acid groups (broad SMARTS) is 1. The summed E-state index contributed by atoms with van der Waals surface area (Å²) in [5.41, 5.74) is 5.70. The van der Waals surface area contributed by atoms with E-state index in [1.165, 1.54) is 0 Å². The number of aromatic carboxylic acids is 1. The highest BCUT2D eigenvalue weighted by atomic mass is 32.1. The van der Waals surface area contributed by atoms with E-state index in [0.29, 0.717) is 0 Å². The zero-order valence-corrected chi connectivity index (χ0v) is 8.08. The van der Waals surface area contributed by atoms with Gasteiger partial charge in [-0.3, -0.25) is 4.79 Å². The van der Waals surface area contributed by atoms with Crippen molar-refractivity contribution in [1.82, 2.24) is 0 Å². The summed E-state index contributed by atoms with van der Waals surface area (Å²) < 4.78 is 0. The Balaban J connectivity index is 2.64. The number of thiophene rings is 1. The molecule has 0 bridgehead atoms. The minimum atomic E-state index is -0.940. The molecule has 0 aliphatic rings. The molecule has 0 unspecified atom stereocenters. The predicted molar refractivity (Wildman–Crippen MR) is 54.1 cm³/mol. The molecule has 0 fully saturated rings. The van der Waals surface area contributed by atoms with Crippen molar-refractivity contribution in [3.05, 3.63) is 28.0 Å². The van der Waals surface area contributed by atoms with Gasteiger partial charge in [-0.15, -0.1) is 11.3 Å². The summed E-state index contributed by atoms with van der Waals surface area (Å²) >= 11 is 1.15. The quantitative estimate of drug-likeness (QED) is 0.788. The van der Waals surface area contributed by atoms with Crippen LogP contribution in [0, 0.1) is 0 Å². The van der Waals surface area contributed by atoms with E-state index in [1.54, 1.807) is 23.6 Å². The number of carbonyl (C=O) groups is 2. The second kappa shape index (κ2) is 4.57. The van der Waals surface area contributed by atoms with E-state index in [1.807, 2.05) is 0 Å². The fraction of sp³-hybridized carbons (Fsp3) is 0.111. The zero-order chi connectivity index (χ0) is 10.6. The van der Waals surface area contributed by atoms with Gasteiger partial charge in [0.15, 0.2) is 0 Å². The van der Waals surface area contributed by atoms with Gasteiger partial charge in [-0.05, 0) is 17.0 Å². The Bertz CT molecular complexity index is 381. The molecule has 1 aromatic rings. The van der Waals surface area contributed by atoms with Gasteiger partial charge in [0, 0.05) is 6.42 Å². The van der Waals surface area contributed by atoms with Crippen molar-refractivity contribution in [2.24, 2.45) is 5.73 Å². The lowest BCUT2D eigenvalue weighted by Gasteiger charge is -1.84. The lowest BCUT2D eigenvalue weighted by Crippen LogP contribution is -2.07. The van der Waals surface area contributed by atoms with Crippen molar-refractivity contribution < 1.29 is 14.7 Å². The maximum Gasteiger partial charge on any atom is 0.345 e. The number of hydrogen-bond donors (Lipinski definition) is 2. The maximum absolute atomic E-state index is 10.5. The van der Waals surface area contributed by atoms with E-state index in [2.05, 4.69) is 0 Å². The van der Waals surface area contributed by atoms with Crippen molar-refractivity contribution in [3.63, 3.8) is 0 Å². The Morgan fingerprint density at radius 2 is 2.29 bits per heavy atom. The number of primary amides is 1. The van der Waals surface area contributed by atoms with Crippen molar-refractivity contribution in [1.29, 1.82) is 0 Å². The van der Waals surface area contributed by atoms with Crippen LogP contribution < -0.4 is 5.73 Å². The van der Waals surface area contributed by atoms with Crippen LogP contribution in [0.2, 0.25) is 0 Å². The monoisotopic (exact) mass is 211 g/mol. The van der Waals surface area contributed by atoms with Crippen molar-refractivity contribution in [3.8, 4) is 0 Å². The molecule has 1 rings (SSSR count). The number of rotatable bonds is 4. The van der Waals surface area contributed by atoms with E-state index < -0.39 is 11.9 Å². The van der Waals surface area contributed by atoms with Gasteiger partial charge in [0.05, 0.1) is 0 Å². The molecule has 74 valence electrons. The molecular weight excluding hydrogens is 202 g/mol. The van der Waals surface area contributed by atoms with E-state index in [4.69, 9.17) is 10.8 Å². The lowest BCUT2D eigenvalue weighted by molar-refractivity contribution is -0.117. The van der Waals surface area contributed by atoms with Crippen LogP contribution >= 0.6 is 11.3 Å². The van der Waals surface area contributed by atoms with Crippen LogP contribution in [0.15, 0.2) is 17.5 Å². The molecule has 14 heavy (non-hydrogen) atoms. The van der Waals surface area contributed by atoms with Crippen LogP contribution in [-0.4, -0.2) is 17.0 Å². The number of amides is 1. The molecule has 0 radical (unpaired) electrons. The Morgan fingerprint density at radius 3 is 2.79 bits per heavy atom. The number of nitrogens with two attached hydrogens (primary N) is 1. The molecular formula is C9H9NO3S. The molecule has 4 nitrogen and oxygen atoms in total. The summed E-state index contributed by atoms with van der Waals surface area (Å²) in [6, 6.07) is 1.55. The second-order valence-electron chi connectivity index (χ2n) is 2.62. The van der Waals surface area contributed by atoms with Gasteiger partial charge in [-0.2, -0.15) is 0 Å². The molecule has 5 heteroatoms. The van der Waals surface area contributed by atoms with Crippen LogP contribution in [0.4, 0.5) is 0 Å². The smallest absolute Gasteiger partial charge is 0.345 e. The predicted octanol–water partition coefficient (Wildman–Crippen LogP) is 1.33. The highest BCUT2D eigenvalue weighted by molar-refractivity contribution is 7.12. The van der Waals surface area contributed by atoms with Crippen LogP contribution in [0.3, 0.4) is 0 Å². The topological polar surface area (TPSA) is 80.4 Å². The van der Waals surface area contributed by atoms with Crippen molar-refractivity contribution >= 4 is 29.3 Å². The van der Waals surface area contributed by atoms with E-state index in [0.717, 1.165) is 16.9 Å². The number of carboxylic acids is 1. The Hall–Kier alpha value is -1.62. The minimum absolute atomic E-state index is 0.165. The fourth-order valence-corrected chi connectivity index (χ4v) is 1.58. The Labute approximate surface area is 84.7 Å². The van der Waals surface area contributed by atoms with E-state index in [-0.39, 0.29) is 11.3 Å². The van der Waals surface area contributed by atoms with Crippen LogP contribution in [0.5, 0.6) is 0 Å². The van der Waals surface area contributed by atoms with Crippen LogP contribution in [-0.2, 0) is 4.79 Å². The summed E-state index contributed by atoms with van der Waals surface area (Å²) in [5, 5.41) is 10.3. The molecule has 3 N–H and O–H groups in total. The zero-order valence-electron chi connectivity index (χ0n) is 7.27. The third-order valence-electron chi connectivity index (χ3n) is 1.46. The third kappa shape index (κ3) is 3.02. The lowest BCUT2D eigenvalue weighted by atomic mass is 10.2. The molecule has 1 heterocycles. The van der Waals surface area contributed by atoms with Gasteiger partial charge in [-0.1, -0.05) is 12.2 Å². The molecule has 0 aliphatic heterocycles. The minimum Gasteiger partial charge on any atom is -0.477 e. The number of carbonyl (C=O) groups excluding carboxylic acids is 1.